The van der Waals surface area contributed by atoms with Crippen LogP contribution in [0.4, 0.5) is 0 Å². The van der Waals surface area contributed by atoms with Crippen molar-refractivity contribution in [2.75, 3.05) is 14.2 Å². The number of methoxy groups -OCH3 is 2. The van der Waals surface area contributed by atoms with Crippen molar-refractivity contribution in [1.82, 2.24) is 10.3 Å². The van der Waals surface area contributed by atoms with Crippen molar-refractivity contribution in [3.05, 3.63) is 51.2 Å². The fraction of sp³-hybridized carbons (Fsp3) is 0.222. The van der Waals surface area contributed by atoms with Gasteiger partial charge in [0.2, 0.25) is 0 Å². The molecular formula is C18H18N2O3S2. The van der Waals surface area contributed by atoms with Gasteiger partial charge in [0.1, 0.15) is 0 Å². The molecule has 0 saturated heterocycles. The van der Waals surface area contributed by atoms with Crippen LogP contribution in [-0.4, -0.2) is 25.1 Å². The summed E-state index contributed by atoms with van der Waals surface area (Å²) in [5.74, 6) is 0.980. The fourth-order valence-electron chi connectivity index (χ4n) is 2.33. The molecule has 0 unspecified atom stereocenters. The van der Waals surface area contributed by atoms with Gasteiger partial charge in [-0.25, -0.2) is 4.98 Å². The van der Waals surface area contributed by atoms with Crippen LogP contribution in [0.1, 0.15) is 20.2 Å². The third-order valence-electron chi connectivity index (χ3n) is 3.60. The summed E-state index contributed by atoms with van der Waals surface area (Å²) in [4.78, 5) is 19.0. The van der Waals surface area contributed by atoms with Crippen molar-refractivity contribution in [2.24, 2.45) is 0 Å². The Bertz CT molecular complexity index is 886. The van der Waals surface area contributed by atoms with Crippen LogP contribution < -0.4 is 14.8 Å². The van der Waals surface area contributed by atoms with E-state index in [2.05, 4.69) is 10.3 Å². The first-order valence-electron chi connectivity index (χ1n) is 7.62. The molecule has 0 aliphatic carbocycles. The monoisotopic (exact) mass is 374 g/mol. The highest BCUT2D eigenvalue weighted by Crippen LogP contribution is 2.29. The molecule has 7 heteroatoms. The van der Waals surface area contributed by atoms with Crippen LogP contribution in [-0.2, 0) is 6.54 Å². The lowest BCUT2D eigenvalue weighted by Crippen LogP contribution is -2.22. The SMILES string of the molecule is COc1ccc(C(=O)NCc2ccc(-c3csc(C)n3)s2)cc1OC. The molecule has 3 rings (SSSR count). The minimum Gasteiger partial charge on any atom is -0.493 e. The van der Waals surface area contributed by atoms with Crippen LogP contribution in [0.15, 0.2) is 35.7 Å². The van der Waals surface area contributed by atoms with Gasteiger partial charge in [-0.15, -0.1) is 22.7 Å². The number of thiazole rings is 1. The van der Waals surface area contributed by atoms with Crippen molar-refractivity contribution < 1.29 is 14.3 Å². The summed E-state index contributed by atoms with van der Waals surface area (Å²) >= 11 is 3.27. The number of hydrogen-bond acceptors (Lipinski definition) is 6. The first kappa shape index (κ1) is 17.4. The Kier molecular flexibility index (Phi) is 5.35. The maximum absolute atomic E-state index is 12.4. The first-order chi connectivity index (χ1) is 12.1. The van der Waals surface area contributed by atoms with E-state index in [1.807, 2.05) is 24.4 Å². The molecule has 0 saturated carbocycles. The highest BCUT2D eigenvalue weighted by Gasteiger charge is 2.12. The Morgan fingerprint density at radius 1 is 1.16 bits per heavy atom. The number of thiophene rings is 1. The molecule has 0 bridgehead atoms. The fourth-order valence-corrected chi connectivity index (χ4v) is 3.93. The predicted molar refractivity (Wildman–Crippen MR) is 101 cm³/mol. The molecule has 5 nitrogen and oxygen atoms in total. The Balaban J connectivity index is 1.65. The predicted octanol–water partition coefficient (Wildman–Crippen LogP) is 4.13. The Morgan fingerprint density at radius 3 is 2.64 bits per heavy atom. The van der Waals surface area contributed by atoms with Gasteiger partial charge in [0.05, 0.1) is 36.3 Å². The zero-order valence-electron chi connectivity index (χ0n) is 14.2. The van der Waals surface area contributed by atoms with E-state index >= 15 is 0 Å². The van der Waals surface area contributed by atoms with Crippen molar-refractivity contribution in [2.45, 2.75) is 13.5 Å². The van der Waals surface area contributed by atoms with Crippen LogP contribution in [0.5, 0.6) is 11.5 Å². The van der Waals surface area contributed by atoms with E-state index in [9.17, 15) is 4.79 Å². The molecule has 3 aromatic rings. The van der Waals surface area contributed by atoms with Gasteiger partial charge in [-0.3, -0.25) is 4.79 Å². The van der Waals surface area contributed by atoms with Gasteiger partial charge >= 0.3 is 0 Å². The number of aryl methyl sites for hydroxylation is 1. The lowest BCUT2D eigenvalue weighted by atomic mass is 10.2. The minimum atomic E-state index is -0.152. The molecule has 0 aliphatic heterocycles. The largest absolute Gasteiger partial charge is 0.493 e. The molecular weight excluding hydrogens is 356 g/mol. The van der Waals surface area contributed by atoms with E-state index in [4.69, 9.17) is 9.47 Å². The van der Waals surface area contributed by atoms with E-state index in [0.29, 0.717) is 23.6 Å². The second-order valence-electron chi connectivity index (χ2n) is 5.27. The van der Waals surface area contributed by atoms with E-state index in [1.165, 1.54) is 0 Å². The average molecular weight is 374 g/mol. The molecule has 1 N–H and O–H groups in total. The third-order valence-corrected chi connectivity index (χ3v) is 5.48. The quantitative estimate of drug-likeness (QED) is 0.705. The molecule has 0 radical (unpaired) electrons. The van der Waals surface area contributed by atoms with Gasteiger partial charge in [0.25, 0.3) is 5.91 Å². The van der Waals surface area contributed by atoms with Gasteiger partial charge < -0.3 is 14.8 Å². The molecule has 130 valence electrons. The number of ether oxygens (including phenoxy) is 2. The smallest absolute Gasteiger partial charge is 0.251 e. The summed E-state index contributed by atoms with van der Waals surface area (Å²) in [5, 5.41) is 6.03. The molecule has 25 heavy (non-hydrogen) atoms. The summed E-state index contributed by atoms with van der Waals surface area (Å²) in [6.07, 6.45) is 0. The minimum absolute atomic E-state index is 0.152. The lowest BCUT2D eigenvalue weighted by Gasteiger charge is -2.09. The van der Waals surface area contributed by atoms with Crippen molar-refractivity contribution >= 4 is 28.6 Å². The topological polar surface area (TPSA) is 60.5 Å². The molecule has 0 spiro atoms. The van der Waals surface area contributed by atoms with Crippen molar-refractivity contribution in [3.63, 3.8) is 0 Å². The van der Waals surface area contributed by atoms with Gasteiger partial charge in [0.15, 0.2) is 11.5 Å². The number of nitrogens with one attached hydrogen (secondary N) is 1. The Morgan fingerprint density at radius 2 is 1.96 bits per heavy atom. The van der Waals surface area contributed by atoms with Crippen LogP contribution in [0, 0.1) is 6.92 Å². The molecule has 0 aliphatic rings. The third kappa shape index (κ3) is 4.00. The van der Waals surface area contributed by atoms with E-state index < -0.39 is 0 Å². The van der Waals surface area contributed by atoms with Gasteiger partial charge in [-0.1, -0.05) is 0 Å². The lowest BCUT2D eigenvalue weighted by molar-refractivity contribution is 0.0951. The number of carbonyl (C=O) groups is 1. The van der Waals surface area contributed by atoms with E-state index in [0.717, 1.165) is 20.5 Å². The summed E-state index contributed by atoms with van der Waals surface area (Å²) in [5.41, 5.74) is 1.52. The standard InChI is InChI=1S/C18H18N2O3S2/c1-11-20-14(10-24-11)17-7-5-13(25-17)9-19-18(21)12-4-6-15(22-2)16(8-12)23-3/h4-8,10H,9H2,1-3H3,(H,19,21). The second kappa shape index (κ2) is 7.67. The number of nitrogens with zero attached hydrogens (tertiary/aromatic N) is 1. The van der Waals surface area contributed by atoms with Crippen LogP contribution in [0.25, 0.3) is 10.6 Å². The van der Waals surface area contributed by atoms with Gasteiger partial charge in [0, 0.05) is 15.8 Å². The molecule has 0 atom stereocenters. The normalized spacial score (nSPS) is 10.5. The van der Waals surface area contributed by atoms with E-state index in [-0.39, 0.29) is 5.91 Å². The van der Waals surface area contributed by atoms with Gasteiger partial charge in [-0.05, 0) is 37.3 Å². The summed E-state index contributed by atoms with van der Waals surface area (Å²) < 4.78 is 10.4. The molecule has 2 heterocycles. The summed E-state index contributed by atoms with van der Waals surface area (Å²) in [6.45, 7) is 2.47. The molecule has 1 aromatic carbocycles. The number of amides is 1. The van der Waals surface area contributed by atoms with Gasteiger partial charge in [-0.2, -0.15) is 0 Å². The first-order valence-corrected chi connectivity index (χ1v) is 9.31. The molecule has 1 amide bonds. The highest BCUT2D eigenvalue weighted by molar-refractivity contribution is 7.16. The van der Waals surface area contributed by atoms with Crippen molar-refractivity contribution in [1.29, 1.82) is 0 Å². The zero-order valence-corrected chi connectivity index (χ0v) is 15.8. The number of rotatable bonds is 6. The average Bonchev–Trinajstić information content (AvgIpc) is 3.27. The van der Waals surface area contributed by atoms with Crippen molar-refractivity contribution in [3.8, 4) is 22.1 Å². The second-order valence-corrected chi connectivity index (χ2v) is 7.50. The van der Waals surface area contributed by atoms with Crippen LogP contribution >= 0.6 is 22.7 Å². The number of benzene rings is 1. The number of hydrogen-bond donors (Lipinski definition) is 1. The molecule has 0 fully saturated rings. The Labute approximate surface area is 154 Å². The number of carbonyl (C=O) groups excluding carboxylic acids is 1. The summed E-state index contributed by atoms with van der Waals surface area (Å²) in [7, 11) is 3.11. The van der Waals surface area contributed by atoms with E-state index in [1.54, 1.807) is 55.1 Å². The molecule has 2 aromatic heterocycles. The maximum atomic E-state index is 12.4. The summed E-state index contributed by atoms with van der Waals surface area (Å²) in [6, 6.07) is 9.17. The maximum Gasteiger partial charge on any atom is 0.251 e. The Hall–Kier alpha value is -2.38. The highest BCUT2D eigenvalue weighted by atomic mass is 32.1. The van der Waals surface area contributed by atoms with Crippen LogP contribution in [0.2, 0.25) is 0 Å². The zero-order chi connectivity index (χ0) is 17.8. The number of aromatic nitrogens is 1. The van der Waals surface area contributed by atoms with Crippen LogP contribution in [0.3, 0.4) is 0 Å².